The number of carboxylic acids is 1. The number of aromatic nitrogens is 1. The minimum absolute atomic E-state index is 0.155. The summed E-state index contributed by atoms with van der Waals surface area (Å²) in [4.78, 5) is 29.4. The highest BCUT2D eigenvalue weighted by Gasteiger charge is 2.15. The van der Waals surface area contributed by atoms with E-state index in [0.29, 0.717) is 10.6 Å². The number of hydrogen-bond acceptors (Lipinski definition) is 4. The molecule has 2 rings (SSSR count). The Labute approximate surface area is 119 Å². The predicted octanol–water partition coefficient (Wildman–Crippen LogP) is 2.52. The molecule has 0 atom stereocenters. The van der Waals surface area contributed by atoms with Crippen LogP contribution in [-0.4, -0.2) is 29.0 Å². The average molecular weight is 288 g/mol. The van der Waals surface area contributed by atoms with Gasteiger partial charge >= 0.3 is 5.97 Å². The van der Waals surface area contributed by atoms with Crippen molar-refractivity contribution in [1.29, 1.82) is 0 Å². The molecule has 1 amide bonds. The van der Waals surface area contributed by atoms with Crippen molar-refractivity contribution in [3.63, 3.8) is 0 Å². The van der Waals surface area contributed by atoms with Crippen LogP contribution in [-0.2, 0) is 4.79 Å². The Hall–Kier alpha value is -2.47. The fourth-order valence-electron chi connectivity index (χ4n) is 1.55. The van der Waals surface area contributed by atoms with Gasteiger partial charge in [-0.2, -0.15) is 0 Å². The van der Waals surface area contributed by atoms with Crippen molar-refractivity contribution in [2.24, 2.45) is 0 Å². The van der Waals surface area contributed by atoms with Gasteiger partial charge in [0.1, 0.15) is 0 Å². The van der Waals surface area contributed by atoms with Crippen molar-refractivity contribution in [3.05, 3.63) is 52.5 Å². The van der Waals surface area contributed by atoms with Crippen LogP contribution in [0.25, 0.3) is 6.08 Å². The lowest BCUT2D eigenvalue weighted by Crippen LogP contribution is -2.25. The van der Waals surface area contributed by atoms with E-state index < -0.39 is 5.97 Å². The number of carbonyl (C=O) groups is 2. The molecule has 0 bridgehead atoms. The molecule has 0 unspecified atom stereocenters. The molecule has 20 heavy (non-hydrogen) atoms. The molecule has 0 aromatic carbocycles. The first-order chi connectivity index (χ1) is 9.58. The smallest absolute Gasteiger partial charge is 0.328 e. The van der Waals surface area contributed by atoms with Gasteiger partial charge < -0.3 is 10.0 Å². The molecule has 0 spiro atoms. The van der Waals surface area contributed by atoms with Gasteiger partial charge in [0.25, 0.3) is 5.91 Å². The fraction of sp³-hybridized carbons (Fsp3) is 0.0714. The molecule has 0 saturated carbocycles. The van der Waals surface area contributed by atoms with Crippen LogP contribution in [0, 0.1) is 0 Å². The number of pyridine rings is 1. The Morgan fingerprint density at radius 1 is 1.35 bits per heavy atom. The van der Waals surface area contributed by atoms with E-state index in [1.54, 1.807) is 43.7 Å². The van der Waals surface area contributed by atoms with Gasteiger partial charge in [0, 0.05) is 24.2 Å². The molecule has 1 N–H and O–H groups in total. The van der Waals surface area contributed by atoms with Crippen LogP contribution in [0.4, 0.5) is 5.69 Å². The van der Waals surface area contributed by atoms with E-state index in [4.69, 9.17) is 5.11 Å². The number of anilines is 1. The third-order valence-electron chi connectivity index (χ3n) is 2.57. The zero-order valence-corrected chi connectivity index (χ0v) is 11.5. The quantitative estimate of drug-likeness (QED) is 0.878. The van der Waals surface area contributed by atoms with Crippen LogP contribution in [0.15, 0.2) is 42.7 Å². The Morgan fingerprint density at radius 3 is 2.80 bits per heavy atom. The predicted molar refractivity (Wildman–Crippen MR) is 78.0 cm³/mol. The third kappa shape index (κ3) is 3.30. The maximum Gasteiger partial charge on any atom is 0.328 e. The maximum atomic E-state index is 12.3. The van der Waals surface area contributed by atoms with Crippen LogP contribution in [0.3, 0.4) is 0 Å². The Morgan fingerprint density at radius 2 is 2.15 bits per heavy atom. The van der Waals surface area contributed by atoms with E-state index in [9.17, 15) is 9.59 Å². The van der Waals surface area contributed by atoms with Crippen molar-refractivity contribution in [1.82, 2.24) is 4.98 Å². The second-order valence-electron chi connectivity index (χ2n) is 3.95. The molecule has 2 aromatic heterocycles. The van der Waals surface area contributed by atoms with Gasteiger partial charge in [-0.15, -0.1) is 11.3 Å². The Kier molecular flexibility index (Phi) is 4.27. The Balaban J connectivity index is 2.16. The highest BCUT2D eigenvalue weighted by atomic mass is 32.1. The van der Waals surface area contributed by atoms with E-state index in [1.165, 1.54) is 22.3 Å². The summed E-state index contributed by atoms with van der Waals surface area (Å²) in [6, 6.07) is 6.95. The van der Waals surface area contributed by atoms with Crippen LogP contribution in [0.1, 0.15) is 14.5 Å². The number of carbonyl (C=O) groups excluding carboxylic acids is 1. The molecule has 0 saturated heterocycles. The van der Waals surface area contributed by atoms with E-state index >= 15 is 0 Å². The number of nitrogens with zero attached hydrogens (tertiary/aromatic N) is 2. The molecule has 2 heterocycles. The highest BCUT2D eigenvalue weighted by molar-refractivity contribution is 7.15. The molecular weight excluding hydrogens is 276 g/mol. The normalized spacial score (nSPS) is 10.7. The molecule has 2 aromatic rings. The number of amides is 1. The zero-order valence-electron chi connectivity index (χ0n) is 10.7. The summed E-state index contributed by atoms with van der Waals surface area (Å²) in [7, 11) is 1.67. The van der Waals surface area contributed by atoms with Crippen LogP contribution in [0.5, 0.6) is 0 Å². The summed E-state index contributed by atoms with van der Waals surface area (Å²) in [5.41, 5.74) is 0.702. The zero-order chi connectivity index (χ0) is 14.5. The molecule has 5 nitrogen and oxygen atoms in total. The lowest BCUT2D eigenvalue weighted by atomic mass is 10.3. The van der Waals surface area contributed by atoms with Gasteiger partial charge in [0.2, 0.25) is 0 Å². The number of carboxylic acid groups (broad SMARTS) is 1. The third-order valence-corrected chi connectivity index (χ3v) is 3.60. The molecule has 0 fully saturated rings. The van der Waals surface area contributed by atoms with Crippen LogP contribution in [0.2, 0.25) is 0 Å². The second-order valence-corrected chi connectivity index (χ2v) is 5.06. The summed E-state index contributed by atoms with van der Waals surface area (Å²) in [6.45, 7) is 0. The van der Waals surface area contributed by atoms with Crippen molar-refractivity contribution in [2.75, 3.05) is 11.9 Å². The molecule has 0 aliphatic carbocycles. The molecule has 6 heteroatoms. The van der Waals surface area contributed by atoms with Gasteiger partial charge in [-0.25, -0.2) is 4.79 Å². The SMILES string of the molecule is CN(C(=O)c1ccc(C=CC(=O)O)s1)c1cccnc1. The van der Waals surface area contributed by atoms with Gasteiger partial charge in [0.15, 0.2) is 0 Å². The molecule has 0 aliphatic rings. The van der Waals surface area contributed by atoms with Crippen molar-refractivity contribution in [2.45, 2.75) is 0 Å². The minimum atomic E-state index is -1.02. The summed E-state index contributed by atoms with van der Waals surface area (Å²) in [6.07, 6.45) is 5.76. The lowest BCUT2D eigenvalue weighted by molar-refractivity contribution is -0.131. The van der Waals surface area contributed by atoms with Gasteiger partial charge in [-0.3, -0.25) is 9.78 Å². The van der Waals surface area contributed by atoms with E-state index in [0.717, 1.165) is 11.0 Å². The number of thiophene rings is 1. The van der Waals surface area contributed by atoms with E-state index in [2.05, 4.69) is 4.98 Å². The van der Waals surface area contributed by atoms with Gasteiger partial charge in [-0.05, 0) is 30.3 Å². The van der Waals surface area contributed by atoms with Crippen LogP contribution >= 0.6 is 11.3 Å². The lowest BCUT2D eigenvalue weighted by Gasteiger charge is -2.15. The van der Waals surface area contributed by atoms with Gasteiger partial charge in [0.05, 0.1) is 16.8 Å². The largest absolute Gasteiger partial charge is 0.478 e. The standard InChI is InChI=1S/C14H12N2O3S/c1-16(10-3-2-8-15-9-10)14(19)12-6-4-11(20-12)5-7-13(17)18/h2-9H,1H3,(H,17,18). The summed E-state index contributed by atoms with van der Waals surface area (Å²) in [5, 5.41) is 8.56. The average Bonchev–Trinajstić information content (AvgIpc) is 2.93. The molecular formula is C14H12N2O3S. The number of hydrogen-bond donors (Lipinski definition) is 1. The monoisotopic (exact) mass is 288 g/mol. The summed E-state index contributed by atoms with van der Waals surface area (Å²) in [5.74, 6) is -1.17. The maximum absolute atomic E-state index is 12.3. The Bertz CT molecular complexity index is 649. The summed E-state index contributed by atoms with van der Waals surface area (Å²) >= 11 is 1.24. The molecule has 0 aliphatic heterocycles. The number of aliphatic carboxylic acids is 1. The highest BCUT2D eigenvalue weighted by Crippen LogP contribution is 2.21. The molecule has 0 radical (unpaired) electrons. The van der Waals surface area contributed by atoms with Crippen molar-refractivity contribution in [3.8, 4) is 0 Å². The first-order valence-corrected chi connectivity index (χ1v) is 6.58. The van der Waals surface area contributed by atoms with Crippen molar-refractivity contribution < 1.29 is 14.7 Å². The topological polar surface area (TPSA) is 70.5 Å². The first-order valence-electron chi connectivity index (χ1n) is 5.77. The number of rotatable bonds is 4. The van der Waals surface area contributed by atoms with Gasteiger partial charge in [-0.1, -0.05) is 0 Å². The van der Waals surface area contributed by atoms with E-state index in [-0.39, 0.29) is 5.91 Å². The first kappa shape index (κ1) is 14.0. The van der Waals surface area contributed by atoms with Crippen molar-refractivity contribution >= 4 is 35.0 Å². The minimum Gasteiger partial charge on any atom is -0.478 e. The van der Waals surface area contributed by atoms with Crippen LogP contribution < -0.4 is 4.90 Å². The summed E-state index contributed by atoms with van der Waals surface area (Å²) < 4.78 is 0. The fourth-order valence-corrected chi connectivity index (χ4v) is 2.43. The second kappa shape index (κ2) is 6.12. The molecule has 102 valence electrons. The van der Waals surface area contributed by atoms with E-state index in [1.807, 2.05) is 0 Å².